The van der Waals surface area contributed by atoms with Crippen molar-refractivity contribution >= 4 is 30.5 Å². The van der Waals surface area contributed by atoms with Crippen LogP contribution in [0, 0.1) is 0 Å². The molecule has 10 heteroatoms. The number of thiol groups is 1. The van der Waals surface area contributed by atoms with E-state index >= 15 is 0 Å². The second-order valence-electron chi connectivity index (χ2n) is 2.88. The molecule has 9 nitrogen and oxygen atoms in total. The molecular formula is C12H20O9S. The first-order valence-corrected chi connectivity index (χ1v) is 5.85. The van der Waals surface area contributed by atoms with E-state index in [2.05, 4.69) is 32.4 Å². The maximum Gasteiger partial charge on any atom is 0.327 e. The molecule has 0 rings (SSSR count). The van der Waals surface area contributed by atoms with Crippen molar-refractivity contribution in [3.8, 4) is 0 Å². The molecule has 0 aliphatic rings. The van der Waals surface area contributed by atoms with Gasteiger partial charge in [-0.25, -0.2) is 14.4 Å². The third-order valence-corrected chi connectivity index (χ3v) is 1.19. The molecule has 0 atom stereocenters. The van der Waals surface area contributed by atoms with Gasteiger partial charge in [0.15, 0.2) is 0 Å². The monoisotopic (exact) mass is 340 g/mol. The Morgan fingerprint density at radius 2 is 1.00 bits per heavy atom. The van der Waals surface area contributed by atoms with Crippen LogP contribution in [-0.4, -0.2) is 60.3 Å². The van der Waals surface area contributed by atoms with Gasteiger partial charge in [-0.2, -0.15) is 12.6 Å². The molecule has 0 aromatic rings. The zero-order chi connectivity index (χ0) is 18.8. The van der Waals surface area contributed by atoms with Crippen LogP contribution in [-0.2, 0) is 14.4 Å². The van der Waals surface area contributed by atoms with Crippen LogP contribution in [0.4, 0.5) is 0 Å². The molecule has 0 aromatic carbocycles. The minimum atomic E-state index is -2.53. The molecule has 0 unspecified atom stereocenters. The summed E-state index contributed by atoms with van der Waals surface area (Å²) in [5.41, 5.74) is 0. The average Bonchev–Trinajstić information content (AvgIpc) is 2.39. The van der Waals surface area contributed by atoms with Crippen LogP contribution >= 0.6 is 12.6 Å². The van der Waals surface area contributed by atoms with E-state index in [-0.39, 0.29) is 12.2 Å². The van der Waals surface area contributed by atoms with Crippen LogP contribution < -0.4 is 0 Å². The molecule has 0 radical (unpaired) electrons. The van der Waals surface area contributed by atoms with Gasteiger partial charge >= 0.3 is 17.9 Å². The average molecular weight is 340 g/mol. The second-order valence-corrected chi connectivity index (χ2v) is 3.32. The zero-order valence-corrected chi connectivity index (χ0v) is 12.5. The van der Waals surface area contributed by atoms with E-state index in [9.17, 15) is 14.4 Å². The minimum absolute atomic E-state index is 0.129. The van der Waals surface area contributed by atoms with Gasteiger partial charge in [-0.05, 0) is 5.75 Å². The highest BCUT2D eigenvalue weighted by Gasteiger charge is 2.14. The van der Waals surface area contributed by atoms with Crippen LogP contribution in [0.5, 0.6) is 0 Å². The summed E-state index contributed by atoms with van der Waals surface area (Å²) in [4.78, 5) is 27.8. The van der Waals surface area contributed by atoms with Crippen LogP contribution in [0.15, 0.2) is 38.0 Å². The molecule has 0 bridgehead atoms. The van der Waals surface area contributed by atoms with E-state index in [1.807, 2.05) is 0 Å². The normalized spacial score (nSPS) is 8.18. The molecule has 0 fully saturated rings. The minimum Gasteiger partial charge on any atom is -0.478 e. The van der Waals surface area contributed by atoms with Gasteiger partial charge in [-0.3, -0.25) is 0 Å². The van der Waals surface area contributed by atoms with Gasteiger partial charge in [0, 0.05) is 24.6 Å². The highest BCUT2D eigenvalue weighted by atomic mass is 32.1. The predicted octanol–water partition coefficient (Wildman–Crippen LogP) is -0.292. The number of rotatable bonds is 5. The molecule has 0 aromatic heterocycles. The first kappa shape index (κ1) is 28.1. The summed E-state index contributed by atoms with van der Waals surface area (Å²) in [6.45, 7) is 8.88. The lowest BCUT2D eigenvalue weighted by atomic mass is 10.4. The number of carboxylic acids is 3. The zero-order valence-electron chi connectivity index (χ0n) is 11.6. The maximum absolute atomic E-state index is 9.25. The van der Waals surface area contributed by atoms with Gasteiger partial charge in [0.25, 0.3) is 5.97 Å². The van der Waals surface area contributed by atoms with E-state index in [1.54, 1.807) is 0 Å². The highest BCUT2D eigenvalue weighted by molar-refractivity contribution is 7.80. The smallest absolute Gasteiger partial charge is 0.327 e. The summed E-state index contributed by atoms with van der Waals surface area (Å²) in [5, 5.41) is 47.1. The Kier molecular flexibility index (Phi) is 24.1. The van der Waals surface area contributed by atoms with Crippen molar-refractivity contribution in [3.05, 3.63) is 38.0 Å². The number of carboxylic acid groups (broad SMARTS) is 3. The Hall–Kier alpha value is -2.14. The lowest BCUT2D eigenvalue weighted by molar-refractivity contribution is -0.311. The van der Waals surface area contributed by atoms with Crippen LogP contribution in [0.2, 0.25) is 0 Å². The van der Waals surface area contributed by atoms with Gasteiger partial charge in [0.2, 0.25) is 0 Å². The van der Waals surface area contributed by atoms with Crippen molar-refractivity contribution in [3.63, 3.8) is 0 Å². The predicted molar refractivity (Wildman–Crippen MR) is 81.4 cm³/mol. The van der Waals surface area contributed by atoms with E-state index in [1.165, 1.54) is 0 Å². The van der Waals surface area contributed by atoms with E-state index in [0.29, 0.717) is 0 Å². The fourth-order valence-corrected chi connectivity index (χ4v) is 0.450. The first-order chi connectivity index (χ1) is 9.87. The largest absolute Gasteiger partial charge is 0.478 e. The molecule has 0 saturated carbocycles. The van der Waals surface area contributed by atoms with Crippen molar-refractivity contribution in [2.24, 2.45) is 0 Å². The summed E-state index contributed by atoms with van der Waals surface area (Å²) >= 11 is 3.63. The van der Waals surface area contributed by atoms with Crippen LogP contribution in [0.1, 0.15) is 6.42 Å². The van der Waals surface area contributed by atoms with E-state index in [4.69, 9.17) is 30.6 Å². The molecule has 0 aliphatic carbocycles. The Balaban J connectivity index is -0.0000000995. The summed E-state index contributed by atoms with van der Waals surface area (Å²) in [5.74, 6) is -5.22. The van der Waals surface area contributed by atoms with Crippen molar-refractivity contribution in [2.45, 2.75) is 12.4 Å². The highest BCUT2D eigenvalue weighted by Crippen LogP contribution is 1.99. The summed E-state index contributed by atoms with van der Waals surface area (Å²) in [6.07, 6.45) is 2.37. The third-order valence-electron chi connectivity index (χ3n) is 0.971. The standard InChI is InChI=1S/C3H8O3S.3C3H4O2/c4-3(5,6)1-2-7;3*1-2-3(4)5/h4-7H,1-2H2;3*2H,1H2,(H,4,5). The number of carbonyl (C=O) groups is 3. The molecule has 0 spiro atoms. The second kappa shape index (κ2) is 18.9. The maximum atomic E-state index is 9.25. The van der Waals surface area contributed by atoms with Gasteiger partial charge in [0.05, 0.1) is 0 Å². The van der Waals surface area contributed by atoms with Gasteiger partial charge in [0.1, 0.15) is 0 Å². The molecule has 0 saturated heterocycles. The van der Waals surface area contributed by atoms with E-state index in [0.717, 1.165) is 18.2 Å². The molecule has 6 N–H and O–H groups in total. The Morgan fingerprint density at radius 1 is 0.818 bits per heavy atom. The lowest BCUT2D eigenvalue weighted by Crippen LogP contribution is -2.27. The van der Waals surface area contributed by atoms with Crippen LogP contribution in [0.25, 0.3) is 0 Å². The van der Waals surface area contributed by atoms with E-state index < -0.39 is 23.9 Å². The van der Waals surface area contributed by atoms with Gasteiger partial charge in [-0.1, -0.05) is 19.7 Å². The Labute approximate surface area is 132 Å². The summed E-state index contributed by atoms with van der Waals surface area (Å²) in [6, 6.07) is 0. The molecule has 128 valence electrons. The topological polar surface area (TPSA) is 173 Å². The Bertz CT molecular complexity index is 315. The van der Waals surface area contributed by atoms with Crippen LogP contribution in [0.3, 0.4) is 0 Å². The fourth-order valence-electron chi connectivity index (χ4n) is 0.150. The van der Waals surface area contributed by atoms with Gasteiger partial charge < -0.3 is 30.6 Å². The van der Waals surface area contributed by atoms with Crippen molar-refractivity contribution < 1.29 is 45.0 Å². The summed E-state index contributed by atoms with van der Waals surface area (Å²) in [7, 11) is 0. The summed E-state index contributed by atoms with van der Waals surface area (Å²) < 4.78 is 0. The third kappa shape index (κ3) is 82.2. The van der Waals surface area contributed by atoms with Crippen molar-refractivity contribution in [1.82, 2.24) is 0 Å². The Morgan fingerprint density at radius 3 is 1.00 bits per heavy atom. The van der Waals surface area contributed by atoms with Crippen molar-refractivity contribution in [2.75, 3.05) is 5.75 Å². The van der Waals surface area contributed by atoms with Crippen molar-refractivity contribution in [1.29, 1.82) is 0 Å². The SMILES string of the molecule is C=CC(=O)O.C=CC(=O)O.C=CC(=O)O.OC(O)(O)CCS. The quantitative estimate of drug-likeness (QED) is 0.201. The number of hydrogen-bond acceptors (Lipinski definition) is 7. The molecular weight excluding hydrogens is 320 g/mol. The lowest BCUT2D eigenvalue weighted by Gasteiger charge is -2.10. The number of aliphatic carboxylic acids is 3. The molecule has 0 heterocycles. The van der Waals surface area contributed by atoms with Gasteiger partial charge in [-0.15, -0.1) is 0 Å². The number of hydrogen-bond donors (Lipinski definition) is 7. The number of aliphatic hydroxyl groups is 3. The first-order valence-electron chi connectivity index (χ1n) is 5.21. The molecule has 22 heavy (non-hydrogen) atoms. The molecule has 0 amide bonds. The molecule has 0 aliphatic heterocycles. The fraction of sp³-hybridized carbons (Fsp3) is 0.250.